The van der Waals surface area contributed by atoms with E-state index in [2.05, 4.69) is 0 Å². The highest BCUT2D eigenvalue weighted by atomic mass is 35.5. The van der Waals surface area contributed by atoms with E-state index in [-0.39, 0.29) is 16.6 Å². The van der Waals surface area contributed by atoms with E-state index in [1.807, 2.05) is 19.0 Å². The lowest BCUT2D eigenvalue weighted by Gasteiger charge is -2.19. The number of hydrogen-bond acceptors (Lipinski definition) is 4. The molecule has 0 spiro atoms. The normalized spacial score (nSPS) is 10.6. The van der Waals surface area contributed by atoms with Gasteiger partial charge >= 0.3 is 0 Å². The van der Waals surface area contributed by atoms with Crippen molar-refractivity contribution in [2.75, 3.05) is 34.2 Å². The van der Waals surface area contributed by atoms with Gasteiger partial charge in [0.2, 0.25) is 0 Å². The van der Waals surface area contributed by atoms with Crippen LogP contribution in [0.4, 0.5) is 5.69 Å². The minimum absolute atomic E-state index is 0.0307. The van der Waals surface area contributed by atoms with Crippen molar-refractivity contribution in [2.24, 2.45) is 0 Å². The lowest BCUT2D eigenvalue weighted by atomic mass is 10.2. The van der Waals surface area contributed by atoms with Crippen LogP contribution in [-0.2, 0) is 0 Å². The molecule has 0 aliphatic heterocycles. The van der Waals surface area contributed by atoms with Crippen molar-refractivity contribution in [3.8, 4) is 0 Å². The maximum atomic E-state index is 12.1. The van der Waals surface area contributed by atoms with Crippen molar-refractivity contribution >= 4 is 23.2 Å². The molecule has 7 heteroatoms. The van der Waals surface area contributed by atoms with E-state index in [9.17, 15) is 14.9 Å². The van der Waals surface area contributed by atoms with Crippen LogP contribution in [0.2, 0.25) is 5.02 Å². The van der Waals surface area contributed by atoms with Crippen molar-refractivity contribution in [3.05, 3.63) is 38.9 Å². The summed E-state index contributed by atoms with van der Waals surface area (Å²) in [4.78, 5) is 25.6. The number of hydrogen-bond donors (Lipinski definition) is 0. The molecule has 1 amide bonds. The molecule has 1 aromatic rings. The van der Waals surface area contributed by atoms with Crippen molar-refractivity contribution in [3.63, 3.8) is 0 Å². The van der Waals surface area contributed by atoms with Gasteiger partial charge in [0.25, 0.3) is 11.6 Å². The van der Waals surface area contributed by atoms with Crippen LogP contribution in [0.15, 0.2) is 18.2 Å². The maximum Gasteiger partial charge on any atom is 0.287 e. The van der Waals surface area contributed by atoms with Crippen molar-refractivity contribution < 1.29 is 9.72 Å². The van der Waals surface area contributed by atoms with Gasteiger partial charge in [0.15, 0.2) is 0 Å². The molecule has 0 saturated heterocycles. The minimum atomic E-state index is -0.577. The molecule has 6 nitrogen and oxygen atoms in total. The smallest absolute Gasteiger partial charge is 0.287 e. The fourth-order valence-corrected chi connectivity index (χ4v) is 1.71. The lowest BCUT2D eigenvalue weighted by molar-refractivity contribution is -0.384. The number of likely N-dealkylation sites (N-methyl/N-ethyl adjacent to an activating group) is 2. The summed E-state index contributed by atoms with van der Waals surface area (Å²) in [5.41, 5.74) is 0.144. The Morgan fingerprint density at radius 3 is 2.42 bits per heavy atom. The van der Waals surface area contributed by atoms with Gasteiger partial charge in [-0.05, 0) is 26.2 Å². The molecule has 1 rings (SSSR count). The topological polar surface area (TPSA) is 66.7 Å². The minimum Gasteiger partial charge on any atom is -0.340 e. The van der Waals surface area contributed by atoms with Crippen LogP contribution >= 0.6 is 11.6 Å². The number of benzene rings is 1. The summed E-state index contributed by atoms with van der Waals surface area (Å²) < 4.78 is 0. The molecule has 0 heterocycles. The SMILES string of the molecule is CN(C)CCN(C)C(=O)c1ccc([N+](=O)[O-])c(Cl)c1. The molecule has 0 N–H and O–H groups in total. The molecule has 0 aliphatic carbocycles. The number of halogens is 1. The summed E-state index contributed by atoms with van der Waals surface area (Å²) in [5, 5.41) is 10.6. The van der Waals surface area contributed by atoms with Crippen LogP contribution in [0.1, 0.15) is 10.4 Å². The van der Waals surface area contributed by atoms with E-state index in [1.165, 1.54) is 18.2 Å². The van der Waals surface area contributed by atoms with Gasteiger partial charge in [0.05, 0.1) is 4.92 Å². The second-order valence-corrected chi connectivity index (χ2v) is 4.86. The predicted octanol–water partition coefficient (Wildman–Crippen LogP) is 1.88. The second kappa shape index (κ2) is 6.49. The number of nitro benzene ring substituents is 1. The van der Waals surface area contributed by atoms with E-state index in [1.54, 1.807) is 11.9 Å². The molecule has 19 heavy (non-hydrogen) atoms. The number of carbonyl (C=O) groups is 1. The zero-order chi connectivity index (χ0) is 14.6. The molecule has 0 aliphatic rings. The fraction of sp³-hybridized carbons (Fsp3) is 0.417. The Kier molecular flexibility index (Phi) is 5.26. The van der Waals surface area contributed by atoms with Crippen molar-refractivity contribution in [2.45, 2.75) is 0 Å². The second-order valence-electron chi connectivity index (χ2n) is 4.45. The number of rotatable bonds is 5. The van der Waals surface area contributed by atoms with Gasteiger partial charge in [-0.3, -0.25) is 14.9 Å². The molecule has 0 aromatic heterocycles. The largest absolute Gasteiger partial charge is 0.340 e. The standard InChI is InChI=1S/C12H16ClN3O3/c1-14(2)6-7-15(3)12(17)9-4-5-11(16(18)19)10(13)8-9/h4-5,8H,6-7H2,1-3H3. The summed E-state index contributed by atoms with van der Waals surface area (Å²) in [6.45, 7) is 1.31. The summed E-state index contributed by atoms with van der Waals surface area (Å²) in [7, 11) is 5.52. The Balaban J connectivity index is 2.83. The third-order valence-corrected chi connectivity index (χ3v) is 2.92. The van der Waals surface area contributed by atoms with Gasteiger partial charge in [-0.25, -0.2) is 0 Å². The summed E-state index contributed by atoms with van der Waals surface area (Å²) in [5.74, 6) is -0.210. The Morgan fingerprint density at radius 1 is 1.32 bits per heavy atom. The monoisotopic (exact) mass is 285 g/mol. The van der Waals surface area contributed by atoms with E-state index < -0.39 is 4.92 Å². The zero-order valence-electron chi connectivity index (χ0n) is 11.1. The van der Waals surface area contributed by atoms with Crippen molar-refractivity contribution in [1.82, 2.24) is 9.80 Å². The van der Waals surface area contributed by atoms with Crippen LogP contribution in [0, 0.1) is 10.1 Å². The Bertz CT molecular complexity index is 491. The first-order chi connectivity index (χ1) is 8.82. The summed E-state index contributed by atoms with van der Waals surface area (Å²) >= 11 is 5.78. The van der Waals surface area contributed by atoms with Crippen LogP contribution < -0.4 is 0 Å². The van der Waals surface area contributed by atoms with Gasteiger partial charge in [-0.2, -0.15) is 0 Å². The molecule has 0 bridgehead atoms. The molecule has 0 unspecified atom stereocenters. The van der Waals surface area contributed by atoms with Gasteiger partial charge in [-0.1, -0.05) is 11.6 Å². The van der Waals surface area contributed by atoms with Crippen LogP contribution in [-0.4, -0.2) is 54.9 Å². The van der Waals surface area contributed by atoms with Crippen molar-refractivity contribution in [1.29, 1.82) is 0 Å². The quantitative estimate of drug-likeness (QED) is 0.612. The van der Waals surface area contributed by atoms with Crippen LogP contribution in [0.3, 0.4) is 0 Å². The first-order valence-electron chi connectivity index (χ1n) is 5.67. The first kappa shape index (κ1) is 15.4. The molecular formula is C12H16ClN3O3. The Labute approximate surface area is 116 Å². The molecule has 0 fully saturated rings. The summed E-state index contributed by atoms with van der Waals surface area (Å²) in [6, 6.07) is 3.99. The molecule has 104 valence electrons. The Hall–Kier alpha value is -1.66. The number of nitrogens with zero attached hydrogens (tertiary/aromatic N) is 3. The Morgan fingerprint density at radius 2 is 1.95 bits per heavy atom. The van der Waals surface area contributed by atoms with E-state index in [0.29, 0.717) is 12.1 Å². The van der Waals surface area contributed by atoms with E-state index >= 15 is 0 Å². The van der Waals surface area contributed by atoms with E-state index in [0.717, 1.165) is 6.54 Å². The fourth-order valence-electron chi connectivity index (χ4n) is 1.46. The molecule has 0 atom stereocenters. The molecule has 1 aromatic carbocycles. The molecule has 0 radical (unpaired) electrons. The highest BCUT2D eigenvalue weighted by Gasteiger charge is 2.17. The van der Waals surface area contributed by atoms with Crippen LogP contribution in [0.25, 0.3) is 0 Å². The van der Waals surface area contributed by atoms with Gasteiger partial charge in [-0.15, -0.1) is 0 Å². The molecular weight excluding hydrogens is 270 g/mol. The zero-order valence-corrected chi connectivity index (χ0v) is 11.8. The van der Waals surface area contributed by atoms with Crippen LogP contribution in [0.5, 0.6) is 0 Å². The highest BCUT2D eigenvalue weighted by molar-refractivity contribution is 6.33. The average Bonchev–Trinajstić information content (AvgIpc) is 2.34. The van der Waals surface area contributed by atoms with E-state index in [4.69, 9.17) is 11.6 Å². The number of carbonyl (C=O) groups excluding carboxylic acids is 1. The maximum absolute atomic E-state index is 12.1. The van der Waals surface area contributed by atoms with Gasteiger partial charge < -0.3 is 9.80 Å². The van der Waals surface area contributed by atoms with Gasteiger partial charge in [0.1, 0.15) is 5.02 Å². The van der Waals surface area contributed by atoms with Gasteiger partial charge in [0, 0.05) is 31.8 Å². The lowest BCUT2D eigenvalue weighted by Crippen LogP contribution is -2.33. The number of nitro groups is 1. The first-order valence-corrected chi connectivity index (χ1v) is 6.05. The third-order valence-electron chi connectivity index (χ3n) is 2.62. The number of amides is 1. The summed E-state index contributed by atoms with van der Waals surface area (Å²) in [6.07, 6.45) is 0. The highest BCUT2D eigenvalue weighted by Crippen LogP contribution is 2.25. The third kappa shape index (κ3) is 4.18. The average molecular weight is 286 g/mol. The predicted molar refractivity (Wildman–Crippen MR) is 73.6 cm³/mol. The molecule has 0 saturated carbocycles.